The van der Waals surface area contributed by atoms with Crippen LogP contribution in [0.4, 0.5) is 0 Å². The molecule has 0 aliphatic rings. The largest absolute Gasteiger partial charge is 0.472 e. The van der Waals surface area contributed by atoms with Gasteiger partial charge in [-0.2, -0.15) is 0 Å². The van der Waals surface area contributed by atoms with E-state index in [1.807, 2.05) is 27.2 Å². The molecule has 0 heterocycles. The monoisotopic (exact) mass is 730 g/mol. The molecule has 8 nitrogen and oxygen atoms in total. The molecular formula is C41H82N2O6P+. The molecule has 1 amide bonds. The lowest BCUT2D eigenvalue weighted by molar-refractivity contribution is -0.870. The van der Waals surface area contributed by atoms with Crippen LogP contribution >= 0.6 is 7.82 Å². The van der Waals surface area contributed by atoms with Gasteiger partial charge in [-0.25, -0.2) is 4.57 Å². The topological polar surface area (TPSA) is 105 Å². The summed E-state index contributed by atoms with van der Waals surface area (Å²) in [6, 6.07) is -0.846. The maximum Gasteiger partial charge on any atom is 0.472 e. The molecule has 0 aromatic heterocycles. The van der Waals surface area contributed by atoms with Gasteiger partial charge in [0.2, 0.25) is 5.91 Å². The smallest absolute Gasteiger partial charge is 0.387 e. The molecule has 1 unspecified atom stereocenters. The van der Waals surface area contributed by atoms with Crippen molar-refractivity contribution in [3.63, 3.8) is 0 Å². The number of nitrogens with one attached hydrogen (secondary N) is 1. The summed E-state index contributed by atoms with van der Waals surface area (Å²) in [7, 11) is 1.57. The van der Waals surface area contributed by atoms with E-state index in [1.54, 1.807) is 6.08 Å². The normalized spacial score (nSPS) is 14.8. The summed E-state index contributed by atoms with van der Waals surface area (Å²) < 4.78 is 23.5. The average molecular weight is 730 g/mol. The summed E-state index contributed by atoms with van der Waals surface area (Å²) in [5, 5.41) is 13.8. The molecular weight excluding hydrogens is 647 g/mol. The number of hydrogen-bond acceptors (Lipinski definition) is 5. The predicted octanol–water partition coefficient (Wildman–Crippen LogP) is 11.0. The van der Waals surface area contributed by atoms with E-state index in [0.29, 0.717) is 17.4 Å². The highest BCUT2D eigenvalue weighted by molar-refractivity contribution is 7.47. The van der Waals surface area contributed by atoms with Crippen LogP contribution in [0.3, 0.4) is 0 Å². The summed E-state index contributed by atoms with van der Waals surface area (Å²) in [4.78, 5) is 23.0. The van der Waals surface area contributed by atoms with E-state index in [-0.39, 0.29) is 19.1 Å². The Balaban J connectivity index is 4.50. The Labute approximate surface area is 309 Å². The number of aliphatic hydroxyl groups is 1. The number of hydrogen-bond donors (Lipinski definition) is 3. The van der Waals surface area contributed by atoms with E-state index in [4.69, 9.17) is 9.05 Å². The standard InChI is InChI=1S/C41H81N2O6P/c1-6-8-10-12-14-16-18-20-21-23-25-27-29-31-33-35-41(45)42-39(38-49-50(46,47)48-37-36-43(3,4)5)40(44)34-32-30-28-26-24-22-19-17-15-13-11-9-7-2/h20-21,32,34,39-40,44H,6-19,22-31,33,35-38H2,1-5H3,(H-,42,45,46,47)/p+1/b21-20-,34-32+/t39-,40-/m0/s1. The van der Waals surface area contributed by atoms with E-state index in [9.17, 15) is 19.4 Å². The second-order valence-corrected chi connectivity index (χ2v) is 16.8. The van der Waals surface area contributed by atoms with E-state index in [2.05, 4.69) is 31.3 Å². The van der Waals surface area contributed by atoms with E-state index < -0.39 is 20.0 Å². The highest BCUT2D eigenvalue weighted by Gasteiger charge is 2.27. The number of phosphoric ester groups is 1. The van der Waals surface area contributed by atoms with Crippen molar-refractivity contribution < 1.29 is 32.9 Å². The first kappa shape index (κ1) is 49.0. The third-order valence-corrected chi connectivity index (χ3v) is 10.1. The van der Waals surface area contributed by atoms with Crippen LogP contribution in [0, 0.1) is 0 Å². The van der Waals surface area contributed by atoms with Gasteiger partial charge < -0.3 is 19.8 Å². The van der Waals surface area contributed by atoms with Gasteiger partial charge in [-0.15, -0.1) is 0 Å². The Hall–Kier alpha value is -1.02. The van der Waals surface area contributed by atoms with Crippen LogP contribution in [0.2, 0.25) is 0 Å². The van der Waals surface area contributed by atoms with Crippen LogP contribution in [0.5, 0.6) is 0 Å². The number of carbonyl (C=O) groups excluding carboxylic acids is 1. The quantitative estimate of drug-likeness (QED) is 0.0254. The van der Waals surface area contributed by atoms with Crippen molar-refractivity contribution in [3.05, 3.63) is 24.3 Å². The van der Waals surface area contributed by atoms with E-state index in [0.717, 1.165) is 51.4 Å². The van der Waals surface area contributed by atoms with Crippen molar-refractivity contribution in [2.45, 2.75) is 193 Å². The number of unbranched alkanes of at least 4 members (excludes halogenated alkanes) is 22. The number of carbonyl (C=O) groups is 1. The minimum absolute atomic E-state index is 0.0607. The van der Waals surface area contributed by atoms with Crippen molar-refractivity contribution in [3.8, 4) is 0 Å². The molecule has 0 saturated carbocycles. The summed E-state index contributed by atoms with van der Waals surface area (Å²) in [6.45, 7) is 4.79. The maximum absolute atomic E-state index is 12.8. The zero-order valence-electron chi connectivity index (χ0n) is 33.4. The fourth-order valence-electron chi connectivity index (χ4n) is 5.80. The van der Waals surface area contributed by atoms with Gasteiger partial charge in [-0.1, -0.05) is 154 Å². The lowest BCUT2D eigenvalue weighted by Crippen LogP contribution is -2.45. The van der Waals surface area contributed by atoms with Crippen molar-refractivity contribution in [2.24, 2.45) is 0 Å². The Bertz CT molecular complexity index is 876. The molecule has 0 aliphatic heterocycles. The first-order valence-corrected chi connectivity index (χ1v) is 22.2. The Morgan fingerprint density at radius 1 is 0.660 bits per heavy atom. The maximum atomic E-state index is 12.8. The van der Waals surface area contributed by atoms with Crippen molar-refractivity contribution in [1.29, 1.82) is 0 Å². The van der Waals surface area contributed by atoms with Gasteiger partial charge in [0.15, 0.2) is 0 Å². The first-order valence-electron chi connectivity index (χ1n) is 20.7. The molecule has 3 atom stereocenters. The number of rotatable bonds is 37. The van der Waals surface area contributed by atoms with Gasteiger partial charge >= 0.3 is 7.82 Å². The van der Waals surface area contributed by atoms with Gasteiger partial charge in [0.25, 0.3) is 0 Å². The fraction of sp³-hybridized carbons (Fsp3) is 0.878. The molecule has 296 valence electrons. The Kier molecular flexibility index (Phi) is 33.1. The SMILES string of the molecule is CCCCCCCC/C=C\CCCCCCCC(=O)N[C@@H](COP(=O)(O)OCC[N+](C)(C)C)[C@@H](O)/C=C/CCCCCCCCCCCCC. The number of likely N-dealkylation sites (N-methyl/N-ethyl adjacent to an activating group) is 1. The van der Waals surface area contributed by atoms with Crippen molar-refractivity contribution >= 4 is 13.7 Å². The minimum atomic E-state index is -4.33. The number of nitrogens with zero attached hydrogens (tertiary/aromatic N) is 1. The van der Waals surface area contributed by atoms with Crippen LogP contribution in [0.1, 0.15) is 181 Å². The van der Waals surface area contributed by atoms with Gasteiger partial charge in [-0.3, -0.25) is 13.8 Å². The highest BCUT2D eigenvalue weighted by atomic mass is 31.2. The van der Waals surface area contributed by atoms with Crippen LogP contribution < -0.4 is 5.32 Å². The van der Waals surface area contributed by atoms with E-state index in [1.165, 1.54) is 109 Å². The third kappa shape index (κ3) is 35.4. The Morgan fingerprint density at radius 3 is 1.54 bits per heavy atom. The van der Waals surface area contributed by atoms with E-state index >= 15 is 0 Å². The summed E-state index contributed by atoms with van der Waals surface area (Å²) >= 11 is 0. The van der Waals surface area contributed by atoms with Gasteiger partial charge in [0.1, 0.15) is 13.2 Å². The minimum Gasteiger partial charge on any atom is -0.387 e. The highest BCUT2D eigenvalue weighted by Crippen LogP contribution is 2.43. The zero-order chi connectivity index (χ0) is 37.2. The molecule has 0 rings (SSSR count). The molecule has 9 heteroatoms. The van der Waals surface area contributed by atoms with Crippen LogP contribution in [0.15, 0.2) is 24.3 Å². The number of allylic oxidation sites excluding steroid dienone is 3. The predicted molar refractivity (Wildman–Crippen MR) is 212 cm³/mol. The molecule has 0 spiro atoms. The van der Waals surface area contributed by atoms with Crippen LogP contribution in [0.25, 0.3) is 0 Å². The molecule has 3 N–H and O–H groups in total. The number of quaternary nitrogens is 1. The number of phosphoric acid groups is 1. The molecule has 0 aliphatic carbocycles. The molecule has 0 fully saturated rings. The lowest BCUT2D eigenvalue weighted by atomic mass is 10.0. The van der Waals surface area contributed by atoms with Gasteiger partial charge in [0, 0.05) is 6.42 Å². The van der Waals surface area contributed by atoms with Gasteiger partial charge in [-0.05, 0) is 44.9 Å². The van der Waals surface area contributed by atoms with Crippen LogP contribution in [-0.4, -0.2) is 73.4 Å². The summed E-state index contributed by atoms with van der Waals surface area (Å²) in [5.74, 6) is -0.187. The second kappa shape index (κ2) is 33.8. The summed E-state index contributed by atoms with van der Waals surface area (Å²) in [6.07, 6.45) is 38.0. The molecule has 0 aromatic carbocycles. The van der Waals surface area contributed by atoms with Crippen LogP contribution in [-0.2, 0) is 18.4 Å². The van der Waals surface area contributed by atoms with Crippen molar-refractivity contribution in [2.75, 3.05) is 40.9 Å². The summed E-state index contributed by atoms with van der Waals surface area (Å²) in [5.41, 5.74) is 0. The molecule has 0 radical (unpaired) electrons. The zero-order valence-corrected chi connectivity index (χ0v) is 34.3. The van der Waals surface area contributed by atoms with Gasteiger partial charge in [0.05, 0.1) is 39.9 Å². The third-order valence-electron chi connectivity index (χ3n) is 9.17. The molecule has 0 saturated heterocycles. The first-order chi connectivity index (χ1) is 24.0. The Morgan fingerprint density at radius 2 is 1.08 bits per heavy atom. The second-order valence-electron chi connectivity index (χ2n) is 15.4. The molecule has 50 heavy (non-hydrogen) atoms. The molecule has 0 aromatic rings. The van der Waals surface area contributed by atoms with Crippen molar-refractivity contribution in [1.82, 2.24) is 5.32 Å². The fourth-order valence-corrected chi connectivity index (χ4v) is 6.53. The lowest BCUT2D eigenvalue weighted by Gasteiger charge is -2.25. The number of aliphatic hydroxyl groups excluding tert-OH is 1. The average Bonchev–Trinajstić information content (AvgIpc) is 3.06. The molecule has 0 bridgehead atoms. The number of amides is 1.